The molecule has 0 aromatic heterocycles. The van der Waals surface area contributed by atoms with E-state index >= 15 is 0 Å². The summed E-state index contributed by atoms with van der Waals surface area (Å²) in [5.74, 6) is 2.13. The Morgan fingerprint density at radius 1 is 0.919 bits per heavy atom. The fraction of sp³-hybridized carbons (Fsp3) is 0.759. The number of hydrogen-bond donors (Lipinski definition) is 1. The smallest absolute Gasteiger partial charge is 0.406 e. The second kappa shape index (κ2) is 11.9. The molecular formula is C29H42F3N3O2. The van der Waals surface area contributed by atoms with E-state index in [1.54, 1.807) is 0 Å². The molecule has 1 saturated carbocycles. The standard InChI is InChI=1S/C29H42F3N3O2/c30-29(31,32)37-25-12-10-21(11-13-25)28(36)33-14-4-1-2-5-15-34-17-7-8-22-18-23-19-24(27(22)34)20-35-16-6-3-9-26(23)35/h10-13,22-24,26-27H,1-9,14-20H2,(H,33,36)/t22-,23-,24+,26-,27-/m1/s1. The first-order valence-electron chi connectivity index (χ1n) is 14.5. The molecule has 8 heteroatoms. The van der Waals surface area contributed by atoms with Gasteiger partial charge in [-0.1, -0.05) is 19.3 Å². The lowest BCUT2D eigenvalue weighted by atomic mass is 9.62. The number of nitrogens with zero attached hydrogens (tertiary/aromatic N) is 2. The summed E-state index contributed by atoms with van der Waals surface area (Å²) in [5, 5.41) is 2.87. The number of carbonyl (C=O) groups is 1. The van der Waals surface area contributed by atoms with Crippen LogP contribution in [0.1, 0.15) is 81.0 Å². The highest BCUT2D eigenvalue weighted by Gasteiger charge is 2.49. The van der Waals surface area contributed by atoms with Crippen LogP contribution in [0.3, 0.4) is 0 Å². The van der Waals surface area contributed by atoms with Gasteiger partial charge in [0, 0.05) is 30.7 Å². The number of alkyl halides is 3. The van der Waals surface area contributed by atoms with Crippen molar-refractivity contribution in [1.82, 2.24) is 15.1 Å². The van der Waals surface area contributed by atoms with Gasteiger partial charge in [0.25, 0.3) is 5.91 Å². The molecule has 0 spiro atoms. The van der Waals surface area contributed by atoms with E-state index in [1.165, 1.54) is 89.7 Å². The van der Waals surface area contributed by atoms with Crippen molar-refractivity contribution in [2.45, 2.75) is 89.1 Å². The molecule has 1 aliphatic carbocycles. The summed E-state index contributed by atoms with van der Waals surface area (Å²) in [7, 11) is 0. The molecule has 2 bridgehead atoms. The van der Waals surface area contributed by atoms with Crippen molar-refractivity contribution in [2.75, 3.05) is 32.7 Å². The van der Waals surface area contributed by atoms with Gasteiger partial charge in [0.2, 0.25) is 0 Å². The average molecular weight is 522 g/mol. The minimum absolute atomic E-state index is 0.267. The number of fused-ring (bicyclic) bond motifs is 6. The van der Waals surface area contributed by atoms with Gasteiger partial charge in [-0.05, 0) is 113 Å². The second-order valence-corrected chi connectivity index (χ2v) is 11.7. The number of rotatable bonds is 9. The van der Waals surface area contributed by atoms with E-state index in [9.17, 15) is 18.0 Å². The number of likely N-dealkylation sites (tertiary alicyclic amines) is 1. The number of carbonyl (C=O) groups excluding carboxylic acids is 1. The van der Waals surface area contributed by atoms with E-state index in [0.717, 1.165) is 61.2 Å². The molecule has 1 aromatic rings. The summed E-state index contributed by atoms with van der Waals surface area (Å²) in [6, 6.07) is 6.71. The zero-order chi connectivity index (χ0) is 25.8. The predicted octanol–water partition coefficient (Wildman–Crippen LogP) is 5.85. The molecule has 0 unspecified atom stereocenters. The van der Waals surface area contributed by atoms with E-state index in [1.807, 2.05) is 0 Å². The molecule has 1 N–H and O–H groups in total. The van der Waals surface area contributed by atoms with Crippen LogP contribution < -0.4 is 10.1 Å². The van der Waals surface area contributed by atoms with E-state index in [2.05, 4.69) is 19.9 Å². The summed E-state index contributed by atoms with van der Waals surface area (Å²) in [5.41, 5.74) is 0.336. The molecule has 206 valence electrons. The SMILES string of the molecule is O=C(NCCCCCCN1CCC[C@@H]2C[C@@H]3C[C@@H](CN4CCCC[C@H]34)[C@@H]21)c1ccc(OC(F)(F)F)cc1. The molecule has 0 radical (unpaired) electrons. The molecule has 4 fully saturated rings. The van der Waals surface area contributed by atoms with Gasteiger partial charge in [0.15, 0.2) is 0 Å². The van der Waals surface area contributed by atoms with Gasteiger partial charge in [-0.2, -0.15) is 0 Å². The molecule has 3 heterocycles. The molecule has 37 heavy (non-hydrogen) atoms. The van der Waals surface area contributed by atoms with Gasteiger partial charge in [0.1, 0.15) is 5.75 Å². The van der Waals surface area contributed by atoms with Crippen LogP contribution in [-0.2, 0) is 0 Å². The highest BCUT2D eigenvalue weighted by Crippen LogP contribution is 2.48. The van der Waals surface area contributed by atoms with Crippen molar-refractivity contribution >= 4 is 5.91 Å². The normalized spacial score (nSPS) is 30.3. The number of piperidine rings is 3. The molecule has 5 rings (SSSR count). The molecule has 1 amide bonds. The maximum atomic E-state index is 12.3. The maximum Gasteiger partial charge on any atom is 0.573 e. The molecule has 1 aromatic carbocycles. The van der Waals surface area contributed by atoms with Crippen LogP contribution in [-0.4, -0.2) is 66.9 Å². The van der Waals surface area contributed by atoms with Crippen molar-refractivity contribution in [2.24, 2.45) is 17.8 Å². The first kappa shape index (κ1) is 26.8. The molecule has 3 saturated heterocycles. The number of nitrogens with one attached hydrogen (secondary N) is 1. The first-order chi connectivity index (χ1) is 17.9. The Kier molecular flexibility index (Phi) is 8.64. The summed E-state index contributed by atoms with van der Waals surface area (Å²) in [6.07, 6.45) is 9.56. The number of unbranched alkanes of at least 4 members (excludes halogenated alkanes) is 3. The monoisotopic (exact) mass is 521 g/mol. The quantitative estimate of drug-likeness (QED) is 0.414. The Labute approximate surface area is 219 Å². The van der Waals surface area contributed by atoms with Crippen molar-refractivity contribution < 1.29 is 22.7 Å². The van der Waals surface area contributed by atoms with Gasteiger partial charge in [-0.15, -0.1) is 13.2 Å². The van der Waals surface area contributed by atoms with Crippen LogP contribution in [0.25, 0.3) is 0 Å². The van der Waals surface area contributed by atoms with Crippen molar-refractivity contribution in [3.8, 4) is 5.75 Å². The summed E-state index contributed by atoms with van der Waals surface area (Å²) >= 11 is 0. The highest BCUT2D eigenvalue weighted by atomic mass is 19.4. The fourth-order valence-electron chi connectivity index (χ4n) is 7.87. The average Bonchev–Trinajstić information content (AvgIpc) is 2.87. The third kappa shape index (κ3) is 6.80. The van der Waals surface area contributed by atoms with E-state index < -0.39 is 6.36 Å². The first-order valence-corrected chi connectivity index (χ1v) is 14.5. The Hall–Kier alpha value is -1.80. The lowest BCUT2D eigenvalue weighted by molar-refractivity contribution is -0.274. The van der Waals surface area contributed by atoms with E-state index in [4.69, 9.17) is 0 Å². The van der Waals surface area contributed by atoms with Crippen molar-refractivity contribution in [3.05, 3.63) is 29.8 Å². The maximum absolute atomic E-state index is 12.3. The van der Waals surface area contributed by atoms with Gasteiger partial charge in [-0.3, -0.25) is 14.6 Å². The molecular weight excluding hydrogens is 479 g/mol. The molecule has 5 atom stereocenters. The summed E-state index contributed by atoms with van der Waals surface area (Å²) < 4.78 is 40.7. The van der Waals surface area contributed by atoms with Crippen LogP contribution in [0, 0.1) is 17.8 Å². The third-order valence-electron chi connectivity index (χ3n) is 9.30. The minimum atomic E-state index is -4.73. The van der Waals surface area contributed by atoms with Gasteiger partial charge in [0.05, 0.1) is 0 Å². The van der Waals surface area contributed by atoms with E-state index in [0.29, 0.717) is 12.1 Å². The van der Waals surface area contributed by atoms with Crippen LogP contribution >= 0.6 is 0 Å². The lowest BCUT2D eigenvalue weighted by Crippen LogP contribution is -2.62. The Morgan fingerprint density at radius 2 is 1.70 bits per heavy atom. The summed E-state index contributed by atoms with van der Waals surface area (Å²) in [6.45, 7) is 5.69. The lowest BCUT2D eigenvalue weighted by Gasteiger charge is -2.58. The second-order valence-electron chi connectivity index (χ2n) is 11.7. The minimum Gasteiger partial charge on any atom is -0.406 e. The molecule has 5 nitrogen and oxygen atoms in total. The third-order valence-corrected chi connectivity index (χ3v) is 9.30. The van der Waals surface area contributed by atoms with Crippen LogP contribution in [0.2, 0.25) is 0 Å². The van der Waals surface area contributed by atoms with Crippen LogP contribution in [0.4, 0.5) is 13.2 Å². The zero-order valence-electron chi connectivity index (χ0n) is 21.9. The summed E-state index contributed by atoms with van der Waals surface area (Å²) in [4.78, 5) is 18.0. The fourth-order valence-corrected chi connectivity index (χ4v) is 7.87. The van der Waals surface area contributed by atoms with Crippen LogP contribution in [0.15, 0.2) is 24.3 Å². The van der Waals surface area contributed by atoms with Crippen molar-refractivity contribution in [3.63, 3.8) is 0 Å². The van der Waals surface area contributed by atoms with Crippen molar-refractivity contribution in [1.29, 1.82) is 0 Å². The number of halogens is 3. The largest absolute Gasteiger partial charge is 0.573 e. The molecule has 3 aliphatic heterocycles. The van der Waals surface area contributed by atoms with E-state index in [-0.39, 0.29) is 11.7 Å². The van der Waals surface area contributed by atoms with Crippen LogP contribution in [0.5, 0.6) is 5.75 Å². The number of benzene rings is 1. The molecule has 4 aliphatic rings. The highest BCUT2D eigenvalue weighted by molar-refractivity contribution is 5.94. The zero-order valence-corrected chi connectivity index (χ0v) is 21.9. The van der Waals surface area contributed by atoms with Gasteiger partial charge >= 0.3 is 6.36 Å². The van der Waals surface area contributed by atoms with Gasteiger partial charge in [-0.25, -0.2) is 0 Å². The van der Waals surface area contributed by atoms with Gasteiger partial charge < -0.3 is 10.1 Å². The topological polar surface area (TPSA) is 44.8 Å². The number of ether oxygens (including phenoxy) is 1. The Balaban J connectivity index is 0.995. The Morgan fingerprint density at radius 3 is 2.51 bits per heavy atom. The number of amides is 1. The number of hydrogen-bond acceptors (Lipinski definition) is 4. The predicted molar refractivity (Wildman–Crippen MR) is 137 cm³/mol. The Bertz CT molecular complexity index is 893.